The first kappa shape index (κ1) is 19.7. The molecule has 0 aromatic heterocycles. The van der Waals surface area contributed by atoms with Crippen LogP contribution < -0.4 is 0 Å². The molecule has 2 aromatic rings. The molecule has 0 radical (unpaired) electrons. The van der Waals surface area contributed by atoms with E-state index in [4.69, 9.17) is 4.74 Å². The maximum absolute atomic E-state index is 13.5. The van der Waals surface area contributed by atoms with Crippen LogP contribution in [0.4, 0.5) is 4.39 Å². The number of ketones is 1. The second-order valence-electron chi connectivity index (χ2n) is 5.59. The number of Topliss-reactive ketones (excluding diaryl/α,β-unsaturated/α-hetero) is 1. The van der Waals surface area contributed by atoms with E-state index in [9.17, 15) is 22.4 Å². The number of esters is 1. The molecule has 0 saturated heterocycles. The summed E-state index contributed by atoms with van der Waals surface area (Å²) in [5.41, 5.74) is 0.585. The zero-order valence-corrected chi connectivity index (χ0v) is 15.1. The highest BCUT2D eigenvalue weighted by Crippen LogP contribution is 2.16. The second kappa shape index (κ2) is 8.20. The Morgan fingerprint density at radius 3 is 2.27 bits per heavy atom. The van der Waals surface area contributed by atoms with Crippen molar-refractivity contribution in [1.29, 1.82) is 0 Å². The normalized spacial score (nSPS) is 11.4. The smallest absolute Gasteiger partial charge is 0.321 e. The molecule has 0 fully saturated rings. The number of rotatable bonds is 7. The van der Waals surface area contributed by atoms with Crippen LogP contribution in [0.2, 0.25) is 0 Å². The number of nitrogens with zero attached hydrogens (tertiary/aromatic N) is 1. The summed E-state index contributed by atoms with van der Waals surface area (Å²) >= 11 is 0. The van der Waals surface area contributed by atoms with Crippen LogP contribution in [0.15, 0.2) is 53.4 Å². The lowest BCUT2D eigenvalue weighted by molar-refractivity contribution is -0.145. The van der Waals surface area contributed by atoms with Gasteiger partial charge in [-0.2, -0.15) is 4.31 Å². The van der Waals surface area contributed by atoms with Gasteiger partial charge in [0.05, 0.1) is 4.90 Å². The summed E-state index contributed by atoms with van der Waals surface area (Å²) in [6.07, 6.45) is 0. The molecule has 0 atom stereocenters. The molecular weight excluding hydrogens is 361 g/mol. The first-order valence-electron chi connectivity index (χ1n) is 7.68. The van der Waals surface area contributed by atoms with E-state index < -0.39 is 28.4 Å². The Labute approximate surface area is 151 Å². The zero-order chi connectivity index (χ0) is 19.3. The fourth-order valence-electron chi connectivity index (χ4n) is 2.13. The van der Waals surface area contributed by atoms with Crippen molar-refractivity contribution in [3.05, 3.63) is 65.5 Å². The van der Waals surface area contributed by atoms with Crippen molar-refractivity contribution in [3.63, 3.8) is 0 Å². The molecule has 6 nitrogen and oxygen atoms in total. The fraction of sp³-hybridized carbons (Fsp3) is 0.222. The van der Waals surface area contributed by atoms with Crippen LogP contribution in [0.3, 0.4) is 0 Å². The minimum Gasteiger partial charge on any atom is -0.460 e. The van der Waals surface area contributed by atoms with Crippen LogP contribution in [-0.2, 0) is 26.2 Å². The molecule has 0 unspecified atom stereocenters. The number of carbonyl (C=O) groups excluding carboxylic acids is 2. The summed E-state index contributed by atoms with van der Waals surface area (Å²) in [6.45, 7) is 0.569. The number of hydrogen-bond donors (Lipinski definition) is 0. The quantitative estimate of drug-likeness (QED) is 0.545. The summed E-state index contributed by atoms with van der Waals surface area (Å²) in [5, 5.41) is 0. The van der Waals surface area contributed by atoms with Gasteiger partial charge in [0.2, 0.25) is 10.0 Å². The van der Waals surface area contributed by atoms with E-state index in [0.29, 0.717) is 5.56 Å². The molecule has 0 aliphatic heterocycles. The molecule has 0 N–H and O–H groups in total. The predicted molar refractivity (Wildman–Crippen MR) is 92.5 cm³/mol. The van der Waals surface area contributed by atoms with Gasteiger partial charge in [-0.15, -0.1) is 0 Å². The molecule has 0 saturated carbocycles. The lowest BCUT2D eigenvalue weighted by Crippen LogP contribution is -2.33. The first-order chi connectivity index (χ1) is 12.2. The molecule has 2 rings (SSSR count). The Kier molecular flexibility index (Phi) is 6.23. The first-order valence-corrected chi connectivity index (χ1v) is 9.12. The molecule has 138 valence electrons. The molecule has 2 aromatic carbocycles. The van der Waals surface area contributed by atoms with Crippen molar-refractivity contribution in [2.45, 2.75) is 18.4 Å². The zero-order valence-electron chi connectivity index (χ0n) is 14.3. The van der Waals surface area contributed by atoms with E-state index >= 15 is 0 Å². The van der Waals surface area contributed by atoms with Crippen LogP contribution in [0.1, 0.15) is 22.8 Å². The standard InChI is InChI=1S/C18H18FNO5S/c1-13(21)14-7-9-16(10-8-14)26(23,24)20(2)11-18(22)25-12-15-5-3-4-6-17(15)19/h3-10H,11-12H2,1-2H3. The van der Waals surface area contributed by atoms with E-state index in [1.807, 2.05) is 0 Å². The molecule has 8 heteroatoms. The summed E-state index contributed by atoms with van der Waals surface area (Å²) in [4.78, 5) is 23.1. The number of benzene rings is 2. The van der Waals surface area contributed by atoms with E-state index in [2.05, 4.69) is 0 Å². The highest BCUT2D eigenvalue weighted by atomic mass is 32.2. The minimum absolute atomic E-state index is 0.0492. The van der Waals surface area contributed by atoms with E-state index in [1.54, 1.807) is 6.07 Å². The topological polar surface area (TPSA) is 80.8 Å². The summed E-state index contributed by atoms with van der Waals surface area (Å²) in [6, 6.07) is 11.2. The van der Waals surface area contributed by atoms with E-state index in [-0.39, 0.29) is 22.8 Å². The molecule has 0 spiro atoms. The van der Waals surface area contributed by atoms with Gasteiger partial charge in [0.25, 0.3) is 0 Å². The highest BCUT2D eigenvalue weighted by Gasteiger charge is 2.23. The molecule has 0 aliphatic rings. The molecule has 0 aliphatic carbocycles. The van der Waals surface area contributed by atoms with Crippen molar-refractivity contribution in [3.8, 4) is 0 Å². The molecular formula is C18H18FNO5S. The predicted octanol–water partition coefficient (Wildman–Crippen LogP) is 2.39. The van der Waals surface area contributed by atoms with Crippen LogP contribution in [0.25, 0.3) is 0 Å². The Morgan fingerprint density at radius 1 is 1.08 bits per heavy atom. The van der Waals surface area contributed by atoms with Crippen molar-refractivity contribution < 1.29 is 27.1 Å². The Bertz CT molecular complexity index is 909. The largest absolute Gasteiger partial charge is 0.460 e. The molecule has 0 heterocycles. The summed E-state index contributed by atoms with van der Waals surface area (Å²) in [5.74, 6) is -1.49. The average molecular weight is 379 g/mol. The minimum atomic E-state index is -3.92. The third kappa shape index (κ3) is 4.74. The summed E-state index contributed by atoms with van der Waals surface area (Å²) < 4.78 is 44.1. The van der Waals surface area contributed by atoms with Crippen LogP contribution in [0.5, 0.6) is 0 Å². The number of sulfonamides is 1. The van der Waals surface area contributed by atoms with Crippen LogP contribution in [-0.4, -0.2) is 38.1 Å². The SMILES string of the molecule is CC(=O)c1ccc(S(=O)(=O)N(C)CC(=O)OCc2ccccc2F)cc1. The van der Waals surface area contributed by atoms with Gasteiger partial charge >= 0.3 is 5.97 Å². The highest BCUT2D eigenvalue weighted by molar-refractivity contribution is 7.89. The monoisotopic (exact) mass is 379 g/mol. The number of ether oxygens (including phenoxy) is 1. The van der Waals surface area contributed by atoms with Crippen LogP contribution in [0, 0.1) is 5.82 Å². The molecule has 0 bridgehead atoms. The molecule has 0 amide bonds. The Balaban J connectivity index is 2.00. The van der Waals surface area contributed by atoms with Gasteiger partial charge < -0.3 is 4.74 Å². The number of halogens is 1. The number of likely N-dealkylation sites (N-methyl/N-ethyl adjacent to an activating group) is 1. The van der Waals surface area contributed by atoms with Gasteiger partial charge in [0, 0.05) is 18.2 Å². The van der Waals surface area contributed by atoms with E-state index in [1.165, 1.54) is 56.4 Å². The van der Waals surface area contributed by atoms with Gasteiger partial charge in [-0.05, 0) is 25.1 Å². The van der Waals surface area contributed by atoms with Crippen molar-refractivity contribution >= 4 is 21.8 Å². The van der Waals surface area contributed by atoms with E-state index in [0.717, 1.165) is 4.31 Å². The van der Waals surface area contributed by atoms with Crippen molar-refractivity contribution in [2.24, 2.45) is 0 Å². The maximum Gasteiger partial charge on any atom is 0.321 e. The lowest BCUT2D eigenvalue weighted by atomic mass is 10.2. The third-order valence-corrected chi connectivity index (χ3v) is 5.48. The maximum atomic E-state index is 13.5. The van der Waals surface area contributed by atoms with Crippen LogP contribution >= 0.6 is 0 Å². The summed E-state index contributed by atoms with van der Waals surface area (Å²) in [7, 11) is -2.69. The number of carbonyl (C=O) groups is 2. The van der Waals surface area contributed by atoms with Gasteiger partial charge in [-0.3, -0.25) is 9.59 Å². The van der Waals surface area contributed by atoms with Gasteiger partial charge in [-0.1, -0.05) is 30.3 Å². The molecule has 26 heavy (non-hydrogen) atoms. The Morgan fingerprint density at radius 2 is 1.69 bits per heavy atom. The van der Waals surface area contributed by atoms with Gasteiger partial charge in [-0.25, -0.2) is 12.8 Å². The number of hydrogen-bond acceptors (Lipinski definition) is 5. The fourth-order valence-corrected chi connectivity index (χ4v) is 3.24. The van der Waals surface area contributed by atoms with Gasteiger partial charge in [0.15, 0.2) is 5.78 Å². The third-order valence-electron chi connectivity index (χ3n) is 3.67. The van der Waals surface area contributed by atoms with Crippen molar-refractivity contribution in [1.82, 2.24) is 4.31 Å². The Hall–Kier alpha value is -2.58. The van der Waals surface area contributed by atoms with Crippen molar-refractivity contribution in [2.75, 3.05) is 13.6 Å². The lowest BCUT2D eigenvalue weighted by Gasteiger charge is -2.16. The van der Waals surface area contributed by atoms with Gasteiger partial charge in [0.1, 0.15) is 19.0 Å². The second-order valence-corrected chi connectivity index (χ2v) is 7.64. The average Bonchev–Trinajstić information content (AvgIpc) is 2.61.